The zero-order chi connectivity index (χ0) is 24.1. The Morgan fingerprint density at radius 2 is 1.85 bits per heavy atom. The van der Waals surface area contributed by atoms with E-state index in [2.05, 4.69) is 10.1 Å². The van der Waals surface area contributed by atoms with Crippen LogP contribution in [-0.2, 0) is 27.7 Å². The number of nitrogens with zero attached hydrogens (tertiary/aromatic N) is 1. The van der Waals surface area contributed by atoms with E-state index in [1.54, 1.807) is 30.2 Å². The highest BCUT2D eigenvalue weighted by molar-refractivity contribution is 7.91. The van der Waals surface area contributed by atoms with Crippen LogP contribution in [0.15, 0.2) is 48.5 Å². The molecule has 0 aliphatic carbocycles. The second kappa shape index (κ2) is 10.4. The van der Waals surface area contributed by atoms with Gasteiger partial charge in [0.2, 0.25) is 5.91 Å². The first kappa shape index (κ1) is 24.8. The molecule has 1 fully saturated rings. The van der Waals surface area contributed by atoms with E-state index >= 15 is 0 Å². The van der Waals surface area contributed by atoms with E-state index in [0.717, 1.165) is 5.56 Å². The number of amides is 1. The van der Waals surface area contributed by atoms with Gasteiger partial charge in [0.25, 0.3) is 0 Å². The molecule has 1 unspecified atom stereocenters. The van der Waals surface area contributed by atoms with E-state index in [4.69, 9.17) is 4.74 Å². The van der Waals surface area contributed by atoms with Crippen molar-refractivity contribution in [3.8, 4) is 11.5 Å². The molecule has 1 atom stereocenters. The summed E-state index contributed by atoms with van der Waals surface area (Å²) in [7, 11) is -1.63. The molecule has 3 rings (SSSR count). The number of para-hydroxylation sites is 1. The van der Waals surface area contributed by atoms with Gasteiger partial charge in [-0.05, 0) is 30.2 Å². The molecule has 7 nitrogen and oxygen atoms in total. The normalized spacial score (nSPS) is 17.7. The van der Waals surface area contributed by atoms with E-state index in [-0.39, 0.29) is 42.0 Å². The molecule has 180 valence electrons. The first-order valence-electron chi connectivity index (χ1n) is 10.2. The summed E-state index contributed by atoms with van der Waals surface area (Å²) < 4.78 is 70.9. The number of rotatable bonds is 9. The van der Waals surface area contributed by atoms with Crippen molar-refractivity contribution in [1.29, 1.82) is 0 Å². The topological polar surface area (TPSA) is 84.9 Å². The van der Waals surface area contributed by atoms with Gasteiger partial charge < -0.3 is 14.8 Å². The number of carbonyl (C=O) groups is 1. The quantitative estimate of drug-likeness (QED) is 0.587. The maximum Gasteiger partial charge on any atom is 0.573 e. The van der Waals surface area contributed by atoms with Crippen LogP contribution in [0.4, 0.5) is 13.2 Å². The molecule has 0 spiro atoms. The first-order valence-corrected chi connectivity index (χ1v) is 12.0. The Balaban J connectivity index is 1.67. The van der Waals surface area contributed by atoms with Gasteiger partial charge in [0.05, 0.1) is 25.2 Å². The fraction of sp³-hybridized carbons (Fsp3) is 0.409. The number of alkyl halides is 3. The molecule has 1 heterocycles. The van der Waals surface area contributed by atoms with Crippen LogP contribution in [-0.4, -0.2) is 56.8 Å². The number of ether oxygens (including phenoxy) is 2. The number of nitrogens with one attached hydrogen (secondary N) is 1. The maximum atomic E-state index is 12.6. The second-order valence-corrected chi connectivity index (χ2v) is 9.97. The summed E-state index contributed by atoms with van der Waals surface area (Å²) in [6.07, 6.45) is -4.43. The minimum absolute atomic E-state index is 0.0430. The summed E-state index contributed by atoms with van der Waals surface area (Å²) in [4.78, 5) is 14.4. The van der Waals surface area contributed by atoms with Crippen LogP contribution in [0, 0.1) is 0 Å². The fourth-order valence-electron chi connectivity index (χ4n) is 3.65. The molecule has 1 aliphatic rings. The van der Waals surface area contributed by atoms with Crippen LogP contribution in [0.2, 0.25) is 0 Å². The summed E-state index contributed by atoms with van der Waals surface area (Å²) in [6, 6.07) is 12.4. The molecule has 1 amide bonds. The number of halogens is 3. The summed E-state index contributed by atoms with van der Waals surface area (Å²) in [5.41, 5.74) is 1.05. The minimum Gasteiger partial charge on any atom is -0.497 e. The van der Waals surface area contributed by atoms with Gasteiger partial charge in [0.15, 0.2) is 9.84 Å². The summed E-state index contributed by atoms with van der Waals surface area (Å²) in [6.45, 7) is 0.0737. The monoisotopic (exact) mass is 486 g/mol. The lowest BCUT2D eigenvalue weighted by atomic mass is 10.1. The summed E-state index contributed by atoms with van der Waals surface area (Å²) in [5.74, 6) is -0.137. The Bertz CT molecular complexity index is 1060. The third-order valence-electron chi connectivity index (χ3n) is 5.29. The number of hydrogen-bond acceptors (Lipinski definition) is 6. The van der Waals surface area contributed by atoms with Crippen LogP contribution in [0.25, 0.3) is 0 Å². The van der Waals surface area contributed by atoms with Gasteiger partial charge in [-0.15, -0.1) is 13.2 Å². The predicted molar refractivity (Wildman–Crippen MR) is 115 cm³/mol. The van der Waals surface area contributed by atoms with Gasteiger partial charge >= 0.3 is 6.36 Å². The zero-order valence-electron chi connectivity index (χ0n) is 18.0. The molecule has 33 heavy (non-hydrogen) atoms. The van der Waals surface area contributed by atoms with Crippen LogP contribution in [0.5, 0.6) is 11.5 Å². The molecule has 0 bridgehead atoms. The highest BCUT2D eigenvalue weighted by Gasteiger charge is 2.34. The lowest BCUT2D eigenvalue weighted by Gasteiger charge is -2.27. The van der Waals surface area contributed by atoms with Crippen LogP contribution >= 0.6 is 0 Å². The highest BCUT2D eigenvalue weighted by atomic mass is 32.2. The number of hydrogen-bond donors (Lipinski definition) is 1. The summed E-state index contributed by atoms with van der Waals surface area (Å²) >= 11 is 0. The molecule has 2 aromatic rings. The largest absolute Gasteiger partial charge is 0.573 e. The fourth-order valence-corrected chi connectivity index (χ4v) is 5.41. The van der Waals surface area contributed by atoms with Gasteiger partial charge in [0, 0.05) is 24.7 Å². The average molecular weight is 487 g/mol. The number of carbonyl (C=O) groups excluding carboxylic acids is 1. The molecule has 11 heteroatoms. The van der Waals surface area contributed by atoms with Crippen molar-refractivity contribution in [1.82, 2.24) is 10.2 Å². The van der Waals surface area contributed by atoms with E-state index < -0.39 is 22.1 Å². The molecule has 0 aromatic heterocycles. The second-order valence-electron chi connectivity index (χ2n) is 7.74. The molecular formula is C22H25F3N2O5S. The van der Waals surface area contributed by atoms with Crippen LogP contribution in [0.3, 0.4) is 0 Å². The Labute approximate surface area is 190 Å². The van der Waals surface area contributed by atoms with Crippen molar-refractivity contribution in [2.24, 2.45) is 0 Å². The molecule has 1 N–H and O–H groups in total. The zero-order valence-corrected chi connectivity index (χ0v) is 18.8. The number of benzene rings is 2. The van der Waals surface area contributed by atoms with E-state index in [9.17, 15) is 26.4 Å². The van der Waals surface area contributed by atoms with Crippen LogP contribution in [0.1, 0.15) is 17.5 Å². The van der Waals surface area contributed by atoms with Crippen molar-refractivity contribution in [2.45, 2.75) is 31.9 Å². The number of methoxy groups -OCH3 is 1. The molecular weight excluding hydrogens is 461 g/mol. The number of sulfone groups is 1. The summed E-state index contributed by atoms with van der Waals surface area (Å²) in [5, 5.41) is 2.61. The predicted octanol–water partition coefficient (Wildman–Crippen LogP) is 2.90. The minimum atomic E-state index is -4.84. The van der Waals surface area contributed by atoms with E-state index in [1.165, 1.54) is 18.2 Å². The third kappa shape index (κ3) is 7.64. The Morgan fingerprint density at radius 1 is 1.15 bits per heavy atom. The van der Waals surface area contributed by atoms with Crippen molar-refractivity contribution in [2.75, 3.05) is 25.2 Å². The van der Waals surface area contributed by atoms with Gasteiger partial charge in [-0.3, -0.25) is 9.69 Å². The van der Waals surface area contributed by atoms with E-state index in [0.29, 0.717) is 18.7 Å². The smallest absolute Gasteiger partial charge is 0.497 e. The van der Waals surface area contributed by atoms with E-state index in [1.807, 2.05) is 12.1 Å². The van der Waals surface area contributed by atoms with Gasteiger partial charge in [-0.25, -0.2) is 8.42 Å². The molecule has 0 radical (unpaired) electrons. The van der Waals surface area contributed by atoms with Crippen molar-refractivity contribution in [3.05, 3.63) is 59.7 Å². The Hall–Kier alpha value is -2.79. The molecule has 1 aliphatic heterocycles. The third-order valence-corrected chi connectivity index (χ3v) is 7.04. The van der Waals surface area contributed by atoms with Crippen molar-refractivity contribution >= 4 is 15.7 Å². The standard InChI is InChI=1S/C22H25F3N2O5S/c1-31-19-8-6-16(7-9-19)13-27(18-10-11-33(29,30)15-18)14-21(28)26-12-17-4-2-3-5-20(17)32-22(23,24)25/h2-9,18H,10-15H2,1H3,(H,26,28). The molecule has 0 saturated carbocycles. The van der Waals surface area contributed by atoms with Gasteiger partial charge in [0.1, 0.15) is 11.5 Å². The highest BCUT2D eigenvalue weighted by Crippen LogP contribution is 2.26. The lowest BCUT2D eigenvalue weighted by molar-refractivity contribution is -0.274. The van der Waals surface area contributed by atoms with Crippen molar-refractivity contribution in [3.63, 3.8) is 0 Å². The first-order chi connectivity index (χ1) is 15.5. The Morgan fingerprint density at radius 3 is 2.45 bits per heavy atom. The van der Waals surface area contributed by atoms with Gasteiger partial charge in [-0.2, -0.15) is 0 Å². The SMILES string of the molecule is COc1ccc(CN(CC(=O)NCc2ccccc2OC(F)(F)F)C2CCS(=O)(=O)C2)cc1. The Kier molecular flexibility index (Phi) is 7.85. The van der Waals surface area contributed by atoms with Crippen molar-refractivity contribution < 1.29 is 35.9 Å². The van der Waals surface area contributed by atoms with Crippen LogP contribution < -0.4 is 14.8 Å². The maximum absolute atomic E-state index is 12.6. The molecule has 1 saturated heterocycles. The van der Waals surface area contributed by atoms with Gasteiger partial charge in [-0.1, -0.05) is 30.3 Å². The molecule has 2 aromatic carbocycles. The lowest BCUT2D eigenvalue weighted by Crippen LogP contribution is -2.43. The average Bonchev–Trinajstić information content (AvgIpc) is 3.12.